The van der Waals surface area contributed by atoms with Crippen LogP contribution in [0.25, 0.3) is 5.82 Å². The molecule has 0 radical (unpaired) electrons. The summed E-state index contributed by atoms with van der Waals surface area (Å²) in [5.74, 6) is 1.71. The van der Waals surface area contributed by atoms with Crippen LogP contribution in [0.4, 0.5) is 5.69 Å². The van der Waals surface area contributed by atoms with Gasteiger partial charge in [0.2, 0.25) is 11.8 Å². The molecule has 0 aliphatic carbocycles. The lowest BCUT2D eigenvalue weighted by molar-refractivity contribution is -0.116. The fraction of sp³-hybridized carbons (Fsp3) is 0.200. The Morgan fingerprint density at radius 2 is 1.81 bits per heavy atom. The van der Waals surface area contributed by atoms with Gasteiger partial charge in [0.05, 0.1) is 5.69 Å². The summed E-state index contributed by atoms with van der Waals surface area (Å²) >= 11 is 0. The summed E-state index contributed by atoms with van der Waals surface area (Å²) in [4.78, 5) is 25.1. The van der Waals surface area contributed by atoms with E-state index in [-0.39, 0.29) is 5.91 Å². The molecule has 7 nitrogen and oxygen atoms in total. The van der Waals surface area contributed by atoms with Gasteiger partial charge in [-0.3, -0.25) is 9.36 Å². The quantitative estimate of drug-likeness (QED) is 0.451. The number of benzene rings is 2. The van der Waals surface area contributed by atoms with Crippen molar-refractivity contribution in [3.8, 4) is 17.4 Å². The molecule has 0 aliphatic rings. The van der Waals surface area contributed by atoms with E-state index in [9.17, 15) is 4.79 Å². The van der Waals surface area contributed by atoms with Crippen LogP contribution < -0.4 is 10.1 Å². The Labute approximate surface area is 187 Å². The van der Waals surface area contributed by atoms with Crippen molar-refractivity contribution in [2.75, 3.05) is 5.32 Å². The van der Waals surface area contributed by atoms with Gasteiger partial charge in [0.15, 0.2) is 0 Å². The van der Waals surface area contributed by atoms with Crippen LogP contribution in [-0.2, 0) is 11.2 Å². The Hall–Kier alpha value is -4.00. The van der Waals surface area contributed by atoms with Crippen molar-refractivity contribution in [2.24, 2.45) is 0 Å². The van der Waals surface area contributed by atoms with Gasteiger partial charge in [-0.05, 0) is 57.0 Å². The number of amides is 1. The van der Waals surface area contributed by atoms with Gasteiger partial charge in [-0.1, -0.05) is 29.8 Å². The van der Waals surface area contributed by atoms with Crippen LogP contribution in [0.15, 0.2) is 67.3 Å². The zero-order valence-corrected chi connectivity index (χ0v) is 18.4. The number of nitrogens with one attached hydrogen (secondary N) is 1. The van der Waals surface area contributed by atoms with Gasteiger partial charge in [0.25, 0.3) is 0 Å². The number of aromatic nitrogens is 4. The van der Waals surface area contributed by atoms with E-state index in [1.807, 2.05) is 42.7 Å². The molecule has 0 saturated heterocycles. The second-order valence-corrected chi connectivity index (χ2v) is 7.66. The SMILES string of the molecule is Cc1cccc(CCC(=O)Nc2ccc(Oc3cc(-n4cnc(C)c4C)ncn3)cc2)c1. The Kier molecular flexibility index (Phi) is 6.26. The van der Waals surface area contributed by atoms with Crippen LogP contribution in [0.1, 0.15) is 28.9 Å². The molecule has 0 saturated carbocycles. The lowest BCUT2D eigenvalue weighted by Crippen LogP contribution is -2.12. The Bertz CT molecular complexity index is 1230. The summed E-state index contributed by atoms with van der Waals surface area (Å²) in [5, 5.41) is 2.93. The minimum Gasteiger partial charge on any atom is -0.439 e. The first-order valence-electron chi connectivity index (χ1n) is 10.4. The summed E-state index contributed by atoms with van der Waals surface area (Å²) in [6.07, 6.45) is 4.33. The number of aryl methyl sites for hydroxylation is 3. The number of anilines is 1. The normalized spacial score (nSPS) is 10.7. The number of carbonyl (C=O) groups excluding carboxylic acids is 1. The summed E-state index contributed by atoms with van der Waals surface area (Å²) < 4.78 is 7.75. The van der Waals surface area contributed by atoms with Gasteiger partial charge in [-0.2, -0.15) is 0 Å². The molecule has 0 spiro atoms. The number of nitrogens with zero attached hydrogens (tertiary/aromatic N) is 4. The molecular weight excluding hydrogens is 402 g/mol. The summed E-state index contributed by atoms with van der Waals surface area (Å²) in [7, 11) is 0. The van der Waals surface area contributed by atoms with Crippen molar-refractivity contribution in [3.63, 3.8) is 0 Å². The van der Waals surface area contributed by atoms with Gasteiger partial charge >= 0.3 is 0 Å². The zero-order chi connectivity index (χ0) is 22.5. The second-order valence-electron chi connectivity index (χ2n) is 7.66. The first-order chi connectivity index (χ1) is 15.5. The summed E-state index contributed by atoms with van der Waals surface area (Å²) in [5.41, 5.74) is 5.04. The molecule has 0 fully saturated rings. The largest absolute Gasteiger partial charge is 0.439 e. The van der Waals surface area contributed by atoms with E-state index >= 15 is 0 Å². The second kappa shape index (κ2) is 9.43. The third-order valence-electron chi connectivity index (χ3n) is 5.21. The molecule has 2 heterocycles. The monoisotopic (exact) mass is 427 g/mol. The molecular formula is C25H25N5O2. The van der Waals surface area contributed by atoms with Crippen molar-refractivity contribution in [1.82, 2.24) is 19.5 Å². The maximum Gasteiger partial charge on any atom is 0.224 e. The highest BCUT2D eigenvalue weighted by molar-refractivity contribution is 5.90. The number of hydrogen-bond acceptors (Lipinski definition) is 5. The van der Waals surface area contributed by atoms with E-state index in [2.05, 4.69) is 39.3 Å². The third kappa shape index (κ3) is 5.18. The summed E-state index contributed by atoms with van der Waals surface area (Å²) in [6.45, 7) is 5.99. The molecule has 0 bridgehead atoms. The molecule has 0 aliphatic heterocycles. The highest BCUT2D eigenvalue weighted by Gasteiger charge is 2.09. The predicted molar refractivity (Wildman–Crippen MR) is 123 cm³/mol. The van der Waals surface area contributed by atoms with Gasteiger partial charge in [0.1, 0.15) is 24.2 Å². The molecule has 4 rings (SSSR count). The Morgan fingerprint density at radius 3 is 2.53 bits per heavy atom. The van der Waals surface area contributed by atoms with Gasteiger partial charge < -0.3 is 10.1 Å². The molecule has 162 valence electrons. The maximum absolute atomic E-state index is 12.3. The molecule has 2 aromatic carbocycles. The van der Waals surface area contributed by atoms with Crippen molar-refractivity contribution >= 4 is 11.6 Å². The van der Waals surface area contributed by atoms with Crippen LogP contribution in [0.2, 0.25) is 0 Å². The highest BCUT2D eigenvalue weighted by Crippen LogP contribution is 2.23. The third-order valence-corrected chi connectivity index (χ3v) is 5.21. The fourth-order valence-corrected chi connectivity index (χ4v) is 3.32. The molecule has 2 aromatic heterocycles. The molecule has 4 aromatic rings. The standard InChI is InChI=1S/C25H25N5O2/c1-17-5-4-6-20(13-17)7-12-24(31)29-21-8-10-22(11-9-21)32-25-14-23(26-15-27-25)30-16-28-18(2)19(30)3/h4-6,8-11,13-16H,7,12H2,1-3H3,(H,29,31). The topological polar surface area (TPSA) is 81.9 Å². The van der Waals surface area contributed by atoms with E-state index in [1.54, 1.807) is 24.5 Å². The first-order valence-corrected chi connectivity index (χ1v) is 10.4. The molecule has 0 unspecified atom stereocenters. The van der Waals surface area contributed by atoms with Crippen LogP contribution in [0.3, 0.4) is 0 Å². The summed E-state index contributed by atoms with van der Waals surface area (Å²) in [6, 6.07) is 17.2. The number of imidazole rings is 1. The molecule has 1 N–H and O–H groups in total. The van der Waals surface area contributed by atoms with Crippen molar-refractivity contribution in [2.45, 2.75) is 33.6 Å². The molecule has 7 heteroatoms. The maximum atomic E-state index is 12.3. The number of hydrogen-bond donors (Lipinski definition) is 1. The molecule has 32 heavy (non-hydrogen) atoms. The van der Waals surface area contributed by atoms with Crippen molar-refractivity contribution in [3.05, 3.63) is 89.8 Å². The molecule has 0 atom stereocenters. The van der Waals surface area contributed by atoms with E-state index < -0.39 is 0 Å². The van der Waals surface area contributed by atoms with E-state index in [0.29, 0.717) is 30.3 Å². The van der Waals surface area contributed by atoms with Gasteiger partial charge in [-0.15, -0.1) is 0 Å². The molecule has 1 amide bonds. The van der Waals surface area contributed by atoms with Crippen LogP contribution in [0, 0.1) is 20.8 Å². The average Bonchev–Trinajstić information content (AvgIpc) is 3.12. The van der Waals surface area contributed by atoms with Crippen LogP contribution in [0.5, 0.6) is 11.6 Å². The first kappa shape index (κ1) is 21.2. The van der Waals surface area contributed by atoms with E-state index in [1.165, 1.54) is 11.9 Å². The fourth-order valence-electron chi connectivity index (χ4n) is 3.32. The van der Waals surface area contributed by atoms with Gasteiger partial charge in [-0.25, -0.2) is 15.0 Å². The number of carbonyl (C=O) groups is 1. The van der Waals surface area contributed by atoms with Crippen LogP contribution in [-0.4, -0.2) is 25.4 Å². The van der Waals surface area contributed by atoms with E-state index in [4.69, 9.17) is 4.74 Å². The highest BCUT2D eigenvalue weighted by atomic mass is 16.5. The average molecular weight is 428 g/mol. The van der Waals surface area contributed by atoms with Crippen molar-refractivity contribution < 1.29 is 9.53 Å². The predicted octanol–water partition coefficient (Wildman–Crippen LogP) is 4.95. The van der Waals surface area contributed by atoms with E-state index in [0.717, 1.165) is 22.6 Å². The minimum absolute atomic E-state index is 0.0217. The smallest absolute Gasteiger partial charge is 0.224 e. The zero-order valence-electron chi connectivity index (χ0n) is 18.4. The van der Waals surface area contributed by atoms with Crippen molar-refractivity contribution in [1.29, 1.82) is 0 Å². The Morgan fingerprint density at radius 1 is 1.00 bits per heavy atom. The lowest BCUT2D eigenvalue weighted by Gasteiger charge is -2.09. The lowest BCUT2D eigenvalue weighted by atomic mass is 10.1. The Balaban J connectivity index is 1.35. The number of rotatable bonds is 7. The number of ether oxygens (including phenoxy) is 1. The van der Waals surface area contributed by atoms with Crippen LogP contribution >= 0.6 is 0 Å². The van der Waals surface area contributed by atoms with Gasteiger partial charge in [0, 0.05) is 23.9 Å². The minimum atomic E-state index is -0.0217.